The van der Waals surface area contributed by atoms with Crippen LogP contribution in [0, 0.1) is 0 Å². The molecule has 0 fully saturated rings. The Morgan fingerprint density at radius 2 is 1.88 bits per heavy atom. The molecule has 2 aromatic carbocycles. The summed E-state index contributed by atoms with van der Waals surface area (Å²) in [7, 11) is 0. The van der Waals surface area contributed by atoms with E-state index in [1.807, 2.05) is 42.5 Å². The number of aliphatic carboxylic acids is 1. The Morgan fingerprint density at radius 3 is 2.62 bits per heavy atom. The summed E-state index contributed by atoms with van der Waals surface area (Å²) in [5.74, 6) is 0.578. The number of nitrogens with one attached hydrogen (secondary N) is 1. The fourth-order valence-corrected chi connectivity index (χ4v) is 4.10. The van der Waals surface area contributed by atoms with Gasteiger partial charge in [-0.3, -0.25) is 0 Å². The van der Waals surface area contributed by atoms with Crippen LogP contribution in [0.25, 0.3) is 0 Å². The molecule has 136 valence electrons. The van der Waals surface area contributed by atoms with Crippen molar-refractivity contribution in [2.45, 2.75) is 25.0 Å². The van der Waals surface area contributed by atoms with Crippen LogP contribution < -0.4 is 5.32 Å². The van der Waals surface area contributed by atoms with E-state index in [2.05, 4.69) is 17.4 Å². The van der Waals surface area contributed by atoms with E-state index in [0.29, 0.717) is 11.7 Å². The van der Waals surface area contributed by atoms with Gasteiger partial charge in [0.25, 0.3) is 0 Å². The first kappa shape index (κ1) is 18.3. The highest BCUT2D eigenvalue weighted by atomic mass is 32.2. The number of fused-ring (bicyclic) bond motifs is 1. The molecule has 1 aliphatic rings. The number of alkyl carbamates (subject to hydrolysis) is 1. The Bertz CT molecular complexity index is 765. The molecule has 0 radical (unpaired) electrons. The summed E-state index contributed by atoms with van der Waals surface area (Å²) in [6, 6.07) is 16.6. The summed E-state index contributed by atoms with van der Waals surface area (Å²) >= 11 is 1.54. The van der Waals surface area contributed by atoms with Crippen molar-refractivity contribution in [2.75, 3.05) is 11.5 Å². The van der Waals surface area contributed by atoms with Crippen molar-refractivity contribution in [1.82, 2.24) is 5.32 Å². The molecule has 0 heterocycles. The molecule has 6 heteroatoms. The molecular formula is C20H21NO4S. The van der Waals surface area contributed by atoms with Gasteiger partial charge in [0.05, 0.1) is 0 Å². The fraction of sp³-hybridized carbons (Fsp3) is 0.300. The van der Waals surface area contributed by atoms with Gasteiger partial charge in [-0.2, -0.15) is 11.8 Å². The third-order valence-electron chi connectivity index (χ3n) is 4.37. The Labute approximate surface area is 156 Å². The quantitative estimate of drug-likeness (QED) is 0.743. The van der Waals surface area contributed by atoms with E-state index in [4.69, 9.17) is 4.74 Å². The molecule has 2 aromatic rings. The molecule has 1 aliphatic carbocycles. The van der Waals surface area contributed by atoms with Crippen LogP contribution in [0.5, 0.6) is 0 Å². The molecule has 2 unspecified atom stereocenters. The predicted octanol–water partition coefficient (Wildman–Crippen LogP) is 3.44. The van der Waals surface area contributed by atoms with E-state index in [1.54, 1.807) is 11.8 Å². The Kier molecular flexibility index (Phi) is 6.17. The molecule has 1 amide bonds. The van der Waals surface area contributed by atoms with Gasteiger partial charge in [0.15, 0.2) is 0 Å². The lowest BCUT2D eigenvalue weighted by Gasteiger charge is -2.30. The minimum atomic E-state index is -1.05. The maximum atomic E-state index is 11.9. The topological polar surface area (TPSA) is 75.6 Å². The van der Waals surface area contributed by atoms with Crippen molar-refractivity contribution < 1.29 is 19.4 Å². The van der Waals surface area contributed by atoms with Crippen LogP contribution in [-0.2, 0) is 22.6 Å². The lowest BCUT2D eigenvalue weighted by atomic mass is 9.79. The van der Waals surface area contributed by atoms with Crippen molar-refractivity contribution in [1.29, 1.82) is 0 Å². The summed E-state index contributed by atoms with van der Waals surface area (Å²) in [4.78, 5) is 23.2. The molecule has 26 heavy (non-hydrogen) atoms. The van der Waals surface area contributed by atoms with Crippen molar-refractivity contribution in [3.63, 3.8) is 0 Å². The van der Waals surface area contributed by atoms with Crippen LogP contribution in [0.1, 0.15) is 22.6 Å². The van der Waals surface area contributed by atoms with E-state index in [0.717, 1.165) is 17.7 Å². The molecule has 0 bridgehead atoms. The van der Waals surface area contributed by atoms with Crippen LogP contribution in [-0.4, -0.2) is 34.7 Å². The lowest BCUT2D eigenvalue weighted by molar-refractivity contribution is -0.138. The van der Waals surface area contributed by atoms with Crippen LogP contribution >= 0.6 is 11.8 Å². The second-order valence-electron chi connectivity index (χ2n) is 6.23. The minimum absolute atomic E-state index is 0.116. The highest BCUT2D eigenvalue weighted by Crippen LogP contribution is 2.37. The second kappa shape index (κ2) is 8.76. The zero-order valence-electron chi connectivity index (χ0n) is 14.3. The average Bonchev–Trinajstić information content (AvgIpc) is 2.63. The Morgan fingerprint density at radius 1 is 1.15 bits per heavy atom. The highest BCUT2D eigenvalue weighted by molar-refractivity contribution is 7.99. The number of carbonyl (C=O) groups excluding carboxylic acids is 1. The summed E-state index contributed by atoms with van der Waals surface area (Å²) < 4.78 is 5.09. The third-order valence-corrected chi connectivity index (χ3v) is 5.57. The molecule has 0 aromatic heterocycles. The number of thioether (sulfide) groups is 1. The van der Waals surface area contributed by atoms with Gasteiger partial charge in [-0.05, 0) is 29.0 Å². The van der Waals surface area contributed by atoms with Crippen LogP contribution in [0.15, 0.2) is 54.6 Å². The number of hydrogen-bond acceptors (Lipinski definition) is 4. The molecule has 2 atom stereocenters. The average molecular weight is 371 g/mol. The van der Waals surface area contributed by atoms with Gasteiger partial charge in [-0.1, -0.05) is 54.6 Å². The lowest BCUT2D eigenvalue weighted by Crippen LogP contribution is -2.43. The van der Waals surface area contributed by atoms with E-state index in [-0.39, 0.29) is 6.61 Å². The first-order valence-corrected chi connectivity index (χ1v) is 9.64. The number of amides is 1. The number of carboxylic acid groups (broad SMARTS) is 1. The van der Waals surface area contributed by atoms with Gasteiger partial charge in [0.2, 0.25) is 0 Å². The molecule has 2 N–H and O–H groups in total. The summed E-state index contributed by atoms with van der Waals surface area (Å²) in [6.45, 7) is 0.116. The van der Waals surface area contributed by atoms with Crippen LogP contribution in [0.3, 0.4) is 0 Å². The predicted molar refractivity (Wildman–Crippen MR) is 101 cm³/mol. The monoisotopic (exact) mass is 371 g/mol. The molecule has 5 nitrogen and oxygen atoms in total. The van der Waals surface area contributed by atoms with Gasteiger partial charge in [0, 0.05) is 11.5 Å². The highest BCUT2D eigenvalue weighted by Gasteiger charge is 2.27. The maximum absolute atomic E-state index is 11.9. The van der Waals surface area contributed by atoms with E-state index in [1.165, 1.54) is 11.1 Å². The SMILES string of the molecule is O=C(NC(CSCC1Cc2ccccc21)C(=O)O)OCc1ccccc1. The largest absolute Gasteiger partial charge is 0.480 e. The van der Waals surface area contributed by atoms with Crippen molar-refractivity contribution in [2.24, 2.45) is 0 Å². The van der Waals surface area contributed by atoms with Gasteiger partial charge in [-0.15, -0.1) is 0 Å². The van der Waals surface area contributed by atoms with E-state index < -0.39 is 18.1 Å². The van der Waals surface area contributed by atoms with Gasteiger partial charge < -0.3 is 15.2 Å². The number of hydrogen-bond donors (Lipinski definition) is 2. The van der Waals surface area contributed by atoms with Crippen molar-refractivity contribution in [3.8, 4) is 0 Å². The first-order valence-electron chi connectivity index (χ1n) is 8.49. The maximum Gasteiger partial charge on any atom is 0.408 e. The number of rotatable bonds is 8. The summed E-state index contributed by atoms with van der Waals surface area (Å²) in [5.41, 5.74) is 3.57. The number of benzene rings is 2. The third kappa shape index (κ3) is 4.79. The van der Waals surface area contributed by atoms with Crippen molar-refractivity contribution >= 4 is 23.8 Å². The smallest absolute Gasteiger partial charge is 0.408 e. The number of carbonyl (C=O) groups is 2. The molecule has 0 spiro atoms. The molecular weight excluding hydrogens is 350 g/mol. The van der Waals surface area contributed by atoms with Gasteiger partial charge in [0.1, 0.15) is 12.6 Å². The van der Waals surface area contributed by atoms with Crippen LogP contribution in [0.4, 0.5) is 4.79 Å². The zero-order chi connectivity index (χ0) is 18.4. The Hall–Kier alpha value is -2.47. The fourth-order valence-electron chi connectivity index (χ4n) is 2.92. The zero-order valence-corrected chi connectivity index (χ0v) is 15.1. The normalized spacial score (nSPS) is 16.1. The number of ether oxygens (including phenoxy) is 1. The molecule has 0 aliphatic heterocycles. The molecule has 0 saturated carbocycles. The van der Waals surface area contributed by atoms with Crippen LogP contribution in [0.2, 0.25) is 0 Å². The summed E-state index contributed by atoms with van der Waals surface area (Å²) in [6.07, 6.45) is 0.323. The standard InChI is InChI=1S/C20H21NO4S/c22-19(23)18(21-20(24)25-11-14-6-2-1-3-7-14)13-26-12-16-10-15-8-4-5-9-17(15)16/h1-9,16,18H,10-13H2,(H,21,24)(H,22,23). The number of carboxylic acids is 1. The molecule has 3 rings (SSSR count). The van der Waals surface area contributed by atoms with Gasteiger partial charge in [-0.25, -0.2) is 9.59 Å². The first-order chi connectivity index (χ1) is 12.6. The second-order valence-corrected chi connectivity index (χ2v) is 7.31. The Balaban J connectivity index is 1.41. The summed E-state index contributed by atoms with van der Waals surface area (Å²) in [5, 5.41) is 11.8. The van der Waals surface area contributed by atoms with E-state index >= 15 is 0 Å². The van der Waals surface area contributed by atoms with Crippen molar-refractivity contribution in [3.05, 3.63) is 71.3 Å². The van der Waals surface area contributed by atoms with Gasteiger partial charge >= 0.3 is 12.1 Å². The molecule has 0 saturated heterocycles. The van der Waals surface area contributed by atoms with E-state index in [9.17, 15) is 14.7 Å². The minimum Gasteiger partial charge on any atom is -0.480 e.